The van der Waals surface area contributed by atoms with E-state index in [0.717, 1.165) is 19.6 Å². The van der Waals surface area contributed by atoms with Crippen LogP contribution in [0.2, 0.25) is 0 Å². The van der Waals surface area contributed by atoms with Gasteiger partial charge in [0.1, 0.15) is 0 Å². The van der Waals surface area contributed by atoms with Gasteiger partial charge in [-0.15, -0.1) is 0 Å². The molecule has 1 rings (SSSR count). The van der Waals surface area contributed by atoms with Gasteiger partial charge in [-0.3, -0.25) is 4.90 Å². The molecule has 3 heteroatoms. The Bertz CT molecular complexity index is 180. The van der Waals surface area contributed by atoms with Gasteiger partial charge in [0, 0.05) is 31.2 Å². The zero-order chi connectivity index (χ0) is 11.4. The first-order chi connectivity index (χ1) is 7.02. The van der Waals surface area contributed by atoms with Crippen LogP contribution in [0.5, 0.6) is 0 Å². The van der Waals surface area contributed by atoms with E-state index in [9.17, 15) is 0 Å². The average molecular weight is 213 g/mol. The lowest BCUT2D eigenvalue weighted by molar-refractivity contribution is 0.0942. The number of hydrogen-bond acceptors (Lipinski definition) is 3. The van der Waals surface area contributed by atoms with Crippen LogP contribution in [0.3, 0.4) is 0 Å². The predicted molar refractivity (Wildman–Crippen MR) is 66.3 cm³/mol. The molecule has 0 aromatic rings. The molecule has 0 bridgehead atoms. The third-order valence-electron chi connectivity index (χ3n) is 3.22. The maximum absolute atomic E-state index is 3.55. The fraction of sp³-hybridized carbons (Fsp3) is 1.00. The van der Waals surface area contributed by atoms with Crippen LogP contribution in [0.15, 0.2) is 0 Å². The summed E-state index contributed by atoms with van der Waals surface area (Å²) < 4.78 is 0. The molecule has 90 valence electrons. The Hall–Kier alpha value is -0.120. The van der Waals surface area contributed by atoms with Gasteiger partial charge < -0.3 is 10.2 Å². The second-order valence-corrected chi connectivity index (χ2v) is 5.30. The molecular formula is C12H27N3. The highest BCUT2D eigenvalue weighted by molar-refractivity contribution is 4.86. The minimum Gasteiger partial charge on any atom is -0.315 e. The second-order valence-electron chi connectivity index (χ2n) is 5.30. The highest BCUT2D eigenvalue weighted by Gasteiger charge is 2.28. The number of nitrogens with one attached hydrogen (secondary N) is 1. The first-order valence-electron chi connectivity index (χ1n) is 6.15. The lowest BCUT2D eigenvalue weighted by atomic mass is 10.1. The number of rotatable bonds is 3. The van der Waals surface area contributed by atoms with Gasteiger partial charge in [-0.2, -0.15) is 0 Å². The van der Waals surface area contributed by atoms with Gasteiger partial charge in [-0.1, -0.05) is 0 Å². The fourth-order valence-corrected chi connectivity index (χ4v) is 2.70. The van der Waals surface area contributed by atoms with E-state index >= 15 is 0 Å². The average Bonchev–Trinajstić information content (AvgIpc) is 2.26. The van der Waals surface area contributed by atoms with Gasteiger partial charge in [0.05, 0.1) is 0 Å². The number of hydrogen-bond donors (Lipinski definition) is 1. The zero-order valence-corrected chi connectivity index (χ0v) is 11.0. The highest BCUT2D eigenvalue weighted by atomic mass is 15.3. The summed E-state index contributed by atoms with van der Waals surface area (Å²) in [5.74, 6) is 0. The van der Waals surface area contributed by atoms with Gasteiger partial charge in [-0.05, 0) is 47.8 Å². The van der Waals surface area contributed by atoms with E-state index in [0.29, 0.717) is 18.1 Å². The zero-order valence-electron chi connectivity index (χ0n) is 11.0. The van der Waals surface area contributed by atoms with E-state index in [1.165, 1.54) is 6.42 Å². The lowest BCUT2D eigenvalue weighted by Gasteiger charge is -2.38. The maximum Gasteiger partial charge on any atom is 0.0353 e. The van der Waals surface area contributed by atoms with Gasteiger partial charge >= 0.3 is 0 Å². The predicted octanol–water partition coefficient (Wildman–Crippen LogP) is 1.01. The van der Waals surface area contributed by atoms with Crippen molar-refractivity contribution in [1.82, 2.24) is 15.1 Å². The van der Waals surface area contributed by atoms with Gasteiger partial charge in [0.2, 0.25) is 0 Å². The van der Waals surface area contributed by atoms with Crippen molar-refractivity contribution in [2.75, 3.05) is 33.7 Å². The fourth-order valence-electron chi connectivity index (χ4n) is 2.70. The van der Waals surface area contributed by atoms with Crippen molar-refractivity contribution in [2.24, 2.45) is 0 Å². The topological polar surface area (TPSA) is 18.5 Å². The number of likely N-dealkylation sites (N-methyl/N-ethyl adjacent to an activating group) is 1. The molecule has 0 spiro atoms. The lowest BCUT2D eigenvalue weighted by Crippen LogP contribution is -2.51. The molecule has 1 saturated heterocycles. The van der Waals surface area contributed by atoms with E-state index in [-0.39, 0.29) is 0 Å². The van der Waals surface area contributed by atoms with Gasteiger partial charge in [-0.25, -0.2) is 0 Å². The Labute approximate surface area is 94.8 Å². The normalized spacial score (nSPS) is 29.8. The largest absolute Gasteiger partial charge is 0.315 e. The van der Waals surface area contributed by atoms with Crippen LogP contribution in [0, 0.1) is 0 Å². The molecule has 3 nitrogen and oxygen atoms in total. The van der Waals surface area contributed by atoms with Gasteiger partial charge in [0.15, 0.2) is 0 Å². The Morgan fingerprint density at radius 3 is 2.60 bits per heavy atom. The van der Waals surface area contributed by atoms with E-state index in [4.69, 9.17) is 0 Å². The second kappa shape index (κ2) is 5.83. The molecule has 15 heavy (non-hydrogen) atoms. The molecule has 1 aliphatic rings. The quantitative estimate of drug-likeness (QED) is 0.755. The van der Waals surface area contributed by atoms with Crippen LogP contribution in [0.1, 0.15) is 27.2 Å². The molecule has 2 unspecified atom stereocenters. The standard InChI is InChI=1S/C12H27N3/c1-10(2)15-11(3)6-7-13-8-12(15)9-14(4)5/h10-13H,6-9H2,1-5H3. The molecule has 1 fully saturated rings. The Kier molecular flexibility index (Phi) is 5.03. The molecule has 0 amide bonds. The van der Waals surface area contributed by atoms with Crippen LogP contribution in [-0.4, -0.2) is 61.7 Å². The van der Waals surface area contributed by atoms with Crippen LogP contribution in [0.4, 0.5) is 0 Å². The third kappa shape index (κ3) is 3.74. The smallest absolute Gasteiger partial charge is 0.0353 e. The summed E-state index contributed by atoms with van der Waals surface area (Å²) in [5, 5.41) is 3.55. The molecule has 0 radical (unpaired) electrons. The molecule has 1 N–H and O–H groups in total. The summed E-state index contributed by atoms with van der Waals surface area (Å²) in [7, 11) is 4.32. The first-order valence-corrected chi connectivity index (χ1v) is 6.15. The Morgan fingerprint density at radius 1 is 1.40 bits per heavy atom. The van der Waals surface area contributed by atoms with E-state index in [1.807, 2.05) is 0 Å². The minimum atomic E-state index is 0.643. The molecule has 1 heterocycles. The Morgan fingerprint density at radius 2 is 2.07 bits per heavy atom. The van der Waals surface area contributed by atoms with E-state index in [1.54, 1.807) is 0 Å². The molecule has 2 atom stereocenters. The van der Waals surface area contributed by atoms with Crippen LogP contribution >= 0.6 is 0 Å². The summed E-state index contributed by atoms with van der Waals surface area (Å²) in [6.45, 7) is 10.4. The summed E-state index contributed by atoms with van der Waals surface area (Å²) >= 11 is 0. The van der Waals surface area contributed by atoms with E-state index < -0.39 is 0 Å². The van der Waals surface area contributed by atoms with Crippen LogP contribution < -0.4 is 5.32 Å². The summed E-state index contributed by atoms with van der Waals surface area (Å²) in [4.78, 5) is 4.96. The van der Waals surface area contributed by atoms with Crippen molar-refractivity contribution in [3.05, 3.63) is 0 Å². The highest BCUT2D eigenvalue weighted by Crippen LogP contribution is 2.16. The summed E-state index contributed by atoms with van der Waals surface area (Å²) in [5.41, 5.74) is 0. The SMILES string of the molecule is CC(C)N1C(C)CCNCC1CN(C)C. The molecule has 0 aliphatic carbocycles. The Balaban J connectivity index is 2.68. The van der Waals surface area contributed by atoms with Crippen molar-refractivity contribution in [1.29, 1.82) is 0 Å². The van der Waals surface area contributed by atoms with Crippen molar-refractivity contribution < 1.29 is 0 Å². The van der Waals surface area contributed by atoms with Crippen LogP contribution in [-0.2, 0) is 0 Å². The molecule has 0 saturated carbocycles. The summed E-state index contributed by atoms with van der Waals surface area (Å²) in [6.07, 6.45) is 1.27. The first kappa shape index (κ1) is 12.9. The van der Waals surface area contributed by atoms with Gasteiger partial charge in [0.25, 0.3) is 0 Å². The van der Waals surface area contributed by atoms with Crippen molar-refractivity contribution in [3.63, 3.8) is 0 Å². The molecular weight excluding hydrogens is 186 g/mol. The van der Waals surface area contributed by atoms with Crippen LogP contribution in [0.25, 0.3) is 0 Å². The van der Waals surface area contributed by atoms with Crippen molar-refractivity contribution in [3.8, 4) is 0 Å². The van der Waals surface area contributed by atoms with Crippen molar-refractivity contribution >= 4 is 0 Å². The monoisotopic (exact) mass is 213 g/mol. The van der Waals surface area contributed by atoms with Crippen molar-refractivity contribution in [2.45, 2.75) is 45.3 Å². The third-order valence-corrected chi connectivity index (χ3v) is 3.22. The molecule has 0 aromatic carbocycles. The summed E-state index contributed by atoms with van der Waals surface area (Å²) in [6, 6.07) is 1.99. The van der Waals surface area contributed by atoms with E-state index in [2.05, 4.69) is 50.0 Å². The molecule has 1 aliphatic heterocycles. The number of nitrogens with zero attached hydrogens (tertiary/aromatic N) is 2. The maximum atomic E-state index is 3.55. The minimum absolute atomic E-state index is 0.643. The molecule has 0 aromatic heterocycles.